The van der Waals surface area contributed by atoms with Crippen molar-refractivity contribution in [3.8, 4) is 0 Å². The van der Waals surface area contributed by atoms with Gasteiger partial charge in [0.2, 0.25) is 0 Å². The topological polar surface area (TPSA) is 112 Å². The quantitative estimate of drug-likeness (QED) is 0.0457. The standard InChI is InChI=1S/C38H52N2O8S4/c1-37(2,39-15-19-45-20-16-39)35(43)29-5-9-31(10-6-29)49-27-23-47-33(41)13-25-51-52-26-14-34(42)48-24-28-50-32-11-7-30(8-12-32)36(44)38(3,4)40-17-21-46-22-18-40/h5-12H,13-28H2,1-4H3. The monoisotopic (exact) mass is 792 g/mol. The Hall–Kier alpha value is -2.04. The van der Waals surface area contributed by atoms with E-state index in [4.69, 9.17) is 18.9 Å². The second-order valence-corrected chi connectivity index (χ2v) is 18.3. The fraction of sp³-hybridized carbons (Fsp3) is 0.579. The molecule has 0 unspecified atom stereocenters. The van der Waals surface area contributed by atoms with E-state index in [1.54, 1.807) is 45.1 Å². The summed E-state index contributed by atoms with van der Waals surface area (Å²) in [5.41, 5.74) is 0.204. The number of nitrogens with zero attached hydrogens (tertiary/aromatic N) is 2. The number of rotatable bonds is 21. The minimum absolute atomic E-state index is 0.0974. The third kappa shape index (κ3) is 13.4. The highest BCUT2D eigenvalue weighted by molar-refractivity contribution is 8.76. The molecule has 14 heteroatoms. The van der Waals surface area contributed by atoms with Crippen molar-refractivity contribution in [2.75, 3.05) is 88.8 Å². The molecule has 0 bridgehead atoms. The smallest absolute Gasteiger partial charge is 0.306 e. The molecule has 0 N–H and O–H groups in total. The predicted molar refractivity (Wildman–Crippen MR) is 212 cm³/mol. The molecule has 10 nitrogen and oxygen atoms in total. The second-order valence-electron chi connectivity index (χ2n) is 13.3. The van der Waals surface area contributed by atoms with Gasteiger partial charge in [0.25, 0.3) is 0 Å². The highest BCUT2D eigenvalue weighted by Crippen LogP contribution is 2.27. The van der Waals surface area contributed by atoms with Crippen LogP contribution in [0.3, 0.4) is 0 Å². The minimum Gasteiger partial charge on any atom is -0.465 e. The van der Waals surface area contributed by atoms with Crippen LogP contribution in [0, 0.1) is 0 Å². The molecule has 2 aromatic carbocycles. The van der Waals surface area contributed by atoms with E-state index in [9.17, 15) is 19.2 Å². The van der Waals surface area contributed by atoms with Crippen molar-refractivity contribution in [1.29, 1.82) is 0 Å². The van der Waals surface area contributed by atoms with Gasteiger partial charge in [-0.3, -0.25) is 29.0 Å². The van der Waals surface area contributed by atoms with Crippen molar-refractivity contribution < 1.29 is 38.1 Å². The summed E-state index contributed by atoms with van der Waals surface area (Å²) in [6.45, 7) is 14.1. The summed E-state index contributed by atoms with van der Waals surface area (Å²) in [4.78, 5) is 57.0. The molecule has 0 atom stereocenters. The maximum Gasteiger partial charge on any atom is 0.306 e. The van der Waals surface area contributed by atoms with Crippen molar-refractivity contribution in [2.45, 2.75) is 61.4 Å². The van der Waals surface area contributed by atoms with Crippen molar-refractivity contribution in [3.05, 3.63) is 59.7 Å². The molecule has 2 fully saturated rings. The molecule has 52 heavy (non-hydrogen) atoms. The summed E-state index contributed by atoms with van der Waals surface area (Å²) >= 11 is 3.16. The summed E-state index contributed by atoms with van der Waals surface area (Å²) in [5, 5.41) is 0. The number of hydrogen-bond donors (Lipinski definition) is 0. The number of benzene rings is 2. The number of carbonyl (C=O) groups excluding carboxylic acids is 4. The SMILES string of the molecule is CC(C)(C(=O)c1ccc(SCCOC(=O)CCSSCCC(=O)OCCSc2ccc(C(=O)C(C)(C)N3CCOCC3)cc2)cc1)N1CCOCC1. The molecule has 4 rings (SSSR count). The number of carbonyl (C=O) groups is 4. The van der Waals surface area contributed by atoms with E-state index < -0.39 is 11.1 Å². The Balaban J connectivity index is 0.985. The van der Waals surface area contributed by atoms with Gasteiger partial charge in [-0.15, -0.1) is 23.5 Å². The maximum atomic E-state index is 13.2. The van der Waals surface area contributed by atoms with E-state index in [-0.39, 0.29) is 23.5 Å². The van der Waals surface area contributed by atoms with E-state index in [1.165, 1.54) is 0 Å². The summed E-state index contributed by atoms with van der Waals surface area (Å²) in [6.07, 6.45) is 0.612. The van der Waals surface area contributed by atoms with Gasteiger partial charge in [0.1, 0.15) is 13.2 Å². The van der Waals surface area contributed by atoms with Crippen LogP contribution < -0.4 is 0 Å². The Kier molecular flexibility index (Phi) is 17.9. The number of Topliss-reactive ketones (excluding diaryl/α,β-unsaturated/α-hetero) is 2. The van der Waals surface area contributed by atoms with Crippen molar-refractivity contribution in [2.24, 2.45) is 0 Å². The van der Waals surface area contributed by atoms with E-state index in [1.807, 2.05) is 76.2 Å². The number of ether oxygens (including phenoxy) is 4. The molecule has 2 aliphatic heterocycles. The van der Waals surface area contributed by atoms with Gasteiger partial charge >= 0.3 is 11.9 Å². The summed E-state index contributed by atoms with van der Waals surface area (Å²) < 4.78 is 21.6. The lowest BCUT2D eigenvalue weighted by Crippen LogP contribution is -2.54. The molecule has 0 saturated carbocycles. The number of morpholine rings is 2. The molecule has 0 aliphatic carbocycles. The van der Waals surface area contributed by atoms with E-state index in [2.05, 4.69) is 9.80 Å². The Morgan fingerprint density at radius 1 is 0.577 bits per heavy atom. The van der Waals surface area contributed by atoms with Crippen LogP contribution in [0.4, 0.5) is 0 Å². The van der Waals surface area contributed by atoms with Crippen LogP contribution in [0.2, 0.25) is 0 Å². The fourth-order valence-corrected chi connectivity index (χ4v) is 9.19. The average molecular weight is 793 g/mol. The molecule has 0 spiro atoms. The minimum atomic E-state index is -0.585. The van der Waals surface area contributed by atoms with Crippen LogP contribution in [0.15, 0.2) is 58.3 Å². The average Bonchev–Trinajstić information content (AvgIpc) is 3.17. The Morgan fingerprint density at radius 2 is 0.923 bits per heavy atom. The molecule has 0 radical (unpaired) electrons. The number of thioether (sulfide) groups is 2. The third-order valence-electron chi connectivity index (χ3n) is 9.04. The van der Waals surface area contributed by atoms with Gasteiger partial charge in [-0.1, -0.05) is 45.9 Å². The van der Waals surface area contributed by atoms with Gasteiger partial charge in [-0.2, -0.15) is 0 Å². The van der Waals surface area contributed by atoms with Crippen molar-refractivity contribution in [3.63, 3.8) is 0 Å². The van der Waals surface area contributed by atoms with Gasteiger partial charge in [0.15, 0.2) is 11.6 Å². The van der Waals surface area contributed by atoms with Crippen LogP contribution in [-0.4, -0.2) is 133 Å². The van der Waals surface area contributed by atoms with Crippen molar-refractivity contribution in [1.82, 2.24) is 9.80 Å². The van der Waals surface area contributed by atoms with Gasteiger partial charge in [0.05, 0.1) is 50.3 Å². The molecular weight excluding hydrogens is 741 g/mol. The van der Waals surface area contributed by atoms with Crippen LogP contribution in [0.1, 0.15) is 61.3 Å². The van der Waals surface area contributed by atoms with Crippen LogP contribution in [0.5, 0.6) is 0 Å². The Morgan fingerprint density at radius 3 is 1.27 bits per heavy atom. The fourth-order valence-electron chi connectivity index (χ4n) is 5.79. The molecule has 2 heterocycles. The van der Waals surface area contributed by atoms with Gasteiger partial charge in [-0.25, -0.2) is 0 Å². The first-order chi connectivity index (χ1) is 25.0. The van der Waals surface area contributed by atoms with Crippen LogP contribution in [-0.2, 0) is 28.5 Å². The lowest BCUT2D eigenvalue weighted by Gasteiger charge is -2.39. The maximum absolute atomic E-state index is 13.2. The molecular formula is C38H52N2O8S4. The normalized spacial score (nSPS) is 16.0. The molecule has 2 aromatic rings. The molecule has 286 valence electrons. The second kappa shape index (κ2) is 21.7. The van der Waals surface area contributed by atoms with Crippen LogP contribution >= 0.6 is 45.1 Å². The molecule has 2 saturated heterocycles. The zero-order chi connectivity index (χ0) is 37.4. The first kappa shape index (κ1) is 42.7. The van der Waals surface area contributed by atoms with E-state index >= 15 is 0 Å². The largest absolute Gasteiger partial charge is 0.465 e. The van der Waals surface area contributed by atoms with Crippen LogP contribution in [0.25, 0.3) is 0 Å². The van der Waals surface area contributed by atoms with E-state index in [0.717, 1.165) is 36.0 Å². The third-order valence-corrected chi connectivity index (χ3v) is 13.4. The summed E-state index contributed by atoms with van der Waals surface area (Å²) in [5.74, 6) is 2.18. The van der Waals surface area contributed by atoms with Crippen molar-refractivity contribution >= 4 is 68.6 Å². The lowest BCUT2D eigenvalue weighted by molar-refractivity contribution is -0.143. The molecule has 0 aromatic heterocycles. The van der Waals surface area contributed by atoms with Gasteiger partial charge in [0, 0.05) is 70.1 Å². The molecule has 0 amide bonds. The zero-order valence-electron chi connectivity index (χ0n) is 30.7. The Bertz CT molecular complexity index is 1330. The zero-order valence-corrected chi connectivity index (χ0v) is 34.0. The number of esters is 2. The van der Waals surface area contributed by atoms with Gasteiger partial charge < -0.3 is 18.9 Å². The highest BCUT2D eigenvalue weighted by atomic mass is 33.1. The van der Waals surface area contributed by atoms with E-state index in [0.29, 0.717) is 86.6 Å². The Labute approximate surface area is 324 Å². The first-order valence-corrected chi connectivity index (χ1v) is 22.2. The number of hydrogen-bond acceptors (Lipinski definition) is 14. The van der Waals surface area contributed by atoms with Gasteiger partial charge in [-0.05, 0) is 52.0 Å². The molecule has 2 aliphatic rings. The summed E-state index contributed by atoms with van der Waals surface area (Å²) in [7, 11) is 3.08. The predicted octanol–water partition coefficient (Wildman–Crippen LogP) is 6.41. The number of ketones is 2. The lowest BCUT2D eigenvalue weighted by atomic mass is 9.91. The summed E-state index contributed by atoms with van der Waals surface area (Å²) in [6, 6.07) is 15.2. The highest BCUT2D eigenvalue weighted by Gasteiger charge is 2.37. The first-order valence-electron chi connectivity index (χ1n) is 17.7.